The van der Waals surface area contributed by atoms with Crippen molar-refractivity contribution in [3.05, 3.63) is 59.2 Å². The summed E-state index contributed by atoms with van der Waals surface area (Å²) in [6, 6.07) is 12.8. The number of aryl methyl sites for hydroxylation is 1. The third-order valence-corrected chi connectivity index (χ3v) is 3.05. The molecule has 23 heavy (non-hydrogen) atoms. The third-order valence-electron chi connectivity index (χ3n) is 3.05. The molecular weight excluding hydrogens is 294 g/mol. The number of nitrogens with two attached hydrogens (primary N) is 1. The highest BCUT2D eigenvalue weighted by Gasteiger charge is 2.06. The molecule has 0 aromatic heterocycles. The first-order valence-electron chi connectivity index (χ1n) is 7.03. The maximum atomic E-state index is 10.6. The number of benzene rings is 2. The number of primary amides is 1. The largest absolute Gasteiger partial charge is 0.493 e. The lowest BCUT2D eigenvalue weighted by atomic mass is 10.1. The van der Waals surface area contributed by atoms with Gasteiger partial charge < -0.3 is 15.2 Å². The van der Waals surface area contributed by atoms with E-state index in [0.29, 0.717) is 18.1 Å². The number of carbonyl (C=O) groups excluding carboxylic acids is 1. The van der Waals surface area contributed by atoms with Crippen LogP contribution in [0.4, 0.5) is 4.79 Å². The van der Waals surface area contributed by atoms with Gasteiger partial charge in [-0.1, -0.05) is 29.8 Å². The Bertz CT molecular complexity index is 714. The number of hydrogen-bond donors (Lipinski definition) is 2. The lowest BCUT2D eigenvalue weighted by molar-refractivity contribution is 0.249. The van der Waals surface area contributed by atoms with Gasteiger partial charge in [-0.25, -0.2) is 10.2 Å². The van der Waals surface area contributed by atoms with Gasteiger partial charge in [-0.3, -0.25) is 0 Å². The van der Waals surface area contributed by atoms with E-state index in [1.807, 2.05) is 25.1 Å². The van der Waals surface area contributed by atoms with E-state index >= 15 is 0 Å². The molecule has 120 valence electrons. The zero-order valence-electron chi connectivity index (χ0n) is 13.1. The van der Waals surface area contributed by atoms with Crippen molar-refractivity contribution in [2.75, 3.05) is 7.11 Å². The molecular formula is C17H19N3O3. The lowest BCUT2D eigenvalue weighted by Crippen LogP contribution is -2.24. The van der Waals surface area contributed by atoms with Crippen LogP contribution in [0.3, 0.4) is 0 Å². The molecule has 2 amide bonds. The number of hydrogen-bond acceptors (Lipinski definition) is 4. The highest BCUT2D eigenvalue weighted by atomic mass is 16.5. The van der Waals surface area contributed by atoms with Gasteiger partial charge >= 0.3 is 6.03 Å². The first kappa shape index (κ1) is 16.4. The maximum absolute atomic E-state index is 10.6. The van der Waals surface area contributed by atoms with Crippen LogP contribution in [0.1, 0.15) is 16.7 Å². The first-order chi connectivity index (χ1) is 11.1. The second-order valence-electron chi connectivity index (χ2n) is 4.92. The van der Waals surface area contributed by atoms with Crippen LogP contribution in [0.5, 0.6) is 11.5 Å². The molecule has 0 saturated heterocycles. The minimum atomic E-state index is -0.716. The molecule has 2 rings (SSSR count). The topological polar surface area (TPSA) is 85.9 Å². The van der Waals surface area contributed by atoms with Crippen molar-refractivity contribution in [1.82, 2.24) is 5.43 Å². The molecule has 2 aromatic rings. The van der Waals surface area contributed by atoms with Gasteiger partial charge in [0.1, 0.15) is 6.61 Å². The Kier molecular flexibility index (Phi) is 5.57. The van der Waals surface area contributed by atoms with Crippen molar-refractivity contribution in [3.63, 3.8) is 0 Å². The van der Waals surface area contributed by atoms with Crippen LogP contribution in [-0.2, 0) is 6.61 Å². The second-order valence-corrected chi connectivity index (χ2v) is 4.92. The van der Waals surface area contributed by atoms with Gasteiger partial charge in [-0.15, -0.1) is 0 Å². The van der Waals surface area contributed by atoms with Gasteiger partial charge in [0.25, 0.3) is 0 Å². The van der Waals surface area contributed by atoms with Crippen LogP contribution < -0.4 is 20.6 Å². The van der Waals surface area contributed by atoms with Gasteiger partial charge in [0.15, 0.2) is 11.5 Å². The number of ether oxygens (including phenoxy) is 2. The molecule has 0 unspecified atom stereocenters. The van der Waals surface area contributed by atoms with E-state index in [-0.39, 0.29) is 0 Å². The number of nitrogens with zero attached hydrogens (tertiary/aromatic N) is 1. The molecule has 6 nitrogen and oxygen atoms in total. The van der Waals surface area contributed by atoms with Crippen LogP contribution in [0.15, 0.2) is 47.6 Å². The smallest absolute Gasteiger partial charge is 0.332 e. The van der Waals surface area contributed by atoms with Crippen molar-refractivity contribution >= 4 is 12.2 Å². The Morgan fingerprint density at radius 1 is 1.26 bits per heavy atom. The monoisotopic (exact) mass is 313 g/mol. The van der Waals surface area contributed by atoms with Crippen LogP contribution >= 0.6 is 0 Å². The van der Waals surface area contributed by atoms with Crippen molar-refractivity contribution in [3.8, 4) is 11.5 Å². The number of nitrogens with one attached hydrogen (secondary N) is 1. The van der Waals surface area contributed by atoms with E-state index < -0.39 is 6.03 Å². The fourth-order valence-electron chi connectivity index (χ4n) is 2.02. The number of methoxy groups -OCH3 is 1. The number of urea groups is 1. The maximum Gasteiger partial charge on any atom is 0.332 e. The average Bonchev–Trinajstić information content (AvgIpc) is 2.53. The Hall–Kier alpha value is -3.02. The Morgan fingerprint density at radius 2 is 2.09 bits per heavy atom. The third kappa shape index (κ3) is 5.03. The van der Waals surface area contributed by atoms with Gasteiger partial charge in [0.2, 0.25) is 0 Å². The SMILES string of the molecule is COc1cc(/C=N/NC(N)=O)ccc1OCc1cccc(C)c1. The lowest BCUT2D eigenvalue weighted by Gasteiger charge is -2.11. The number of amides is 2. The van der Waals surface area contributed by atoms with E-state index in [0.717, 1.165) is 11.1 Å². The molecule has 0 aliphatic heterocycles. The number of hydrazone groups is 1. The summed E-state index contributed by atoms with van der Waals surface area (Å²) in [5.74, 6) is 1.22. The van der Waals surface area contributed by atoms with Crippen LogP contribution in [0.25, 0.3) is 0 Å². The molecule has 6 heteroatoms. The molecule has 3 N–H and O–H groups in total. The molecule has 2 aromatic carbocycles. The minimum absolute atomic E-state index is 0.453. The van der Waals surface area contributed by atoms with Crippen molar-refractivity contribution in [2.24, 2.45) is 10.8 Å². The highest BCUT2D eigenvalue weighted by Crippen LogP contribution is 2.28. The zero-order valence-corrected chi connectivity index (χ0v) is 13.1. The molecule has 0 heterocycles. The zero-order chi connectivity index (χ0) is 16.7. The fourth-order valence-corrected chi connectivity index (χ4v) is 2.02. The first-order valence-corrected chi connectivity index (χ1v) is 7.03. The van der Waals surface area contributed by atoms with Gasteiger partial charge in [0.05, 0.1) is 13.3 Å². The molecule has 0 bridgehead atoms. The fraction of sp³-hybridized carbons (Fsp3) is 0.176. The van der Waals surface area contributed by atoms with Crippen LogP contribution in [-0.4, -0.2) is 19.4 Å². The minimum Gasteiger partial charge on any atom is -0.493 e. The van der Waals surface area contributed by atoms with E-state index in [9.17, 15) is 4.79 Å². The molecule has 0 fully saturated rings. The van der Waals surface area contributed by atoms with E-state index in [1.54, 1.807) is 25.3 Å². The summed E-state index contributed by atoms with van der Waals surface area (Å²) < 4.78 is 11.1. The Morgan fingerprint density at radius 3 is 2.78 bits per heavy atom. The summed E-state index contributed by atoms with van der Waals surface area (Å²) in [4.78, 5) is 10.6. The van der Waals surface area contributed by atoms with Crippen molar-refractivity contribution in [1.29, 1.82) is 0 Å². The number of rotatable bonds is 6. The van der Waals surface area contributed by atoms with Crippen LogP contribution in [0.2, 0.25) is 0 Å². The summed E-state index contributed by atoms with van der Waals surface area (Å²) in [6.45, 7) is 2.49. The summed E-state index contributed by atoms with van der Waals surface area (Å²) >= 11 is 0. The summed E-state index contributed by atoms with van der Waals surface area (Å²) in [5.41, 5.74) is 10.1. The van der Waals surface area contributed by atoms with Crippen LogP contribution in [0, 0.1) is 6.92 Å². The van der Waals surface area contributed by atoms with E-state index in [4.69, 9.17) is 15.2 Å². The predicted octanol–water partition coefficient (Wildman–Crippen LogP) is 2.58. The molecule has 0 aliphatic rings. The average molecular weight is 313 g/mol. The molecule has 0 radical (unpaired) electrons. The van der Waals surface area contributed by atoms with Gasteiger partial charge in [0, 0.05) is 0 Å². The quantitative estimate of drug-likeness (QED) is 0.635. The van der Waals surface area contributed by atoms with Gasteiger partial charge in [-0.05, 0) is 36.2 Å². The Labute approximate surface area is 134 Å². The summed E-state index contributed by atoms with van der Waals surface area (Å²) in [6.07, 6.45) is 1.47. The van der Waals surface area contributed by atoms with E-state index in [2.05, 4.69) is 16.6 Å². The number of carbonyl (C=O) groups is 1. The predicted molar refractivity (Wildman–Crippen MR) is 88.8 cm³/mol. The highest BCUT2D eigenvalue weighted by molar-refractivity contribution is 5.82. The standard InChI is InChI=1S/C17H19N3O3/c1-12-4-3-5-14(8-12)11-23-15-7-6-13(9-16(15)22-2)10-19-20-17(18)21/h3-10H,11H2,1-2H3,(H3,18,20,21)/b19-10+. The summed E-state index contributed by atoms with van der Waals surface area (Å²) in [7, 11) is 1.57. The summed E-state index contributed by atoms with van der Waals surface area (Å²) in [5, 5.41) is 3.70. The van der Waals surface area contributed by atoms with Gasteiger partial charge in [-0.2, -0.15) is 5.10 Å². The molecule has 0 spiro atoms. The molecule has 0 aliphatic carbocycles. The second kappa shape index (κ2) is 7.84. The Balaban J connectivity index is 2.07. The van der Waals surface area contributed by atoms with Crippen molar-refractivity contribution < 1.29 is 14.3 Å². The van der Waals surface area contributed by atoms with E-state index in [1.165, 1.54) is 11.8 Å². The molecule has 0 atom stereocenters. The van der Waals surface area contributed by atoms with Crippen molar-refractivity contribution in [2.45, 2.75) is 13.5 Å². The normalized spacial score (nSPS) is 10.5. The molecule has 0 saturated carbocycles.